The van der Waals surface area contributed by atoms with Crippen LogP contribution in [-0.2, 0) is 6.54 Å². The Labute approximate surface area is 153 Å². The fourth-order valence-electron chi connectivity index (χ4n) is 2.56. The maximum atomic E-state index is 5.41. The van der Waals surface area contributed by atoms with Crippen molar-refractivity contribution >= 4 is 17.3 Å². The second-order valence-electron chi connectivity index (χ2n) is 5.76. The summed E-state index contributed by atoms with van der Waals surface area (Å²) in [5.41, 5.74) is 3.28. The van der Waals surface area contributed by atoms with Crippen molar-refractivity contribution < 1.29 is 9.47 Å². The second-order valence-corrected chi connectivity index (χ2v) is 5.76. The highest BCUT2D eigenvalue weighted by molar-refractivity contribution is 5.66. The minimum atomic E-state index is 0.677. The van der Waals surface area contributed by atoms with Gasteiger partial charge in [-0.05, 0) is 30.2 Å². The van der Waals surface area contributed by atoms with Gasteiger partial charge < -0.3 is 20.1 Å². The van der Waals surface area contributed by atoms with Gasteiger partial charge in [-0.25, -0.2) is 9.97 Å². The molecule has 1 aromatic heterocycles. The molecule has 134 valence electrons. The number of aromatic nitrogens is 2. The van der Waals surface area contributed by atoms with Crippen molar-refractivity contribution in [3.8, 4) is 11.5 Å². The standard InChI is InChI=1S/C20H22N4O2/c1-14-6-4-5-7-15(14)12-21-19-11-20(23-13-22-19)24-17-9-8-16(25-2)10-18(17)26-3/h4-11,13H,12H2,1-3H3,(H2,21,22,23,24). The molecule has 6 nitrogen and oxygen atoms in total. The van der Waals surface area contributed by atoms with E-state index in [0.717, 1.165) is 17.3 Å². The first-order valence-corrected chi connectivity index (χ1v) is 8.29. The number of nitrogens with one attached hydrogen (secondary N) is 2. The van der Waals surface area contributed by atoms with Crippen molar-refractivity contribution in [2.45, 2.75) is 13.5 Å². The van der Waals surface area contributed by atoms with Crippen LogP contribution in [-0.4, -0.2) is 24.2 Å². The molecule has 0 unspecified atom stereocenters. The third-order valence-electron chi connectivity index (χ3n) is 4.06. The van der Waals surface area contributed by atoms with Gasteiger partial charge in [-0.2, -0.15) is 0 Å². The summed E-state index contributed by atoms with van der Waals surface area (Å²) in [5, 5.41) is 6.59. The number of hydrogen-bond donors (Lipinski definition) is 2. The minimum Gasteiger partial charge on any atom is -0.497 e. The fourth-order valence-corrected chi connectivity index (χ4v) is 2.56. The molecule has 0 fully saturated rings. The lowest BCUT2D eigenvalue weighted by Crippen LogP contribution is -2.04. The van der Waals surface area contributed by atoms with Gasteiger partial charge in [-0.1, -0.05) is 24.3 Å². The van der Waals surface area contributed by atoms with Crippen LogP contribution in [0.25, 0.3) is 0 Å². The van der Waals surface area contributed by atoms with Gasteiger partial charge in [0.1, 0.15) is 29.5 Å². The molecule has 0 amide bonds. The van der Waals surface area contributed by atoms with Crippen LogP contribution in [0, 0.1) is 6.92 Å². The van der Waals surface area contributed by atoms with Gasteiger partial charge in [0.25, 0.3) is 0 Å². The fraction of sp³-hybridized carbons (Fsp3) is 0.200. The minimum absolute atomic E-state index is 0.677. The number of methoxy groups -OCH3 is 2. The van der Waals surface area contributed by atoms with Crippen molar-refractivity contribution in [3.05, 3.63) is 66.0 Å². The lowest BCUT2D eigenvalue weighted by Gasteiger charge is -2.13. The molecule has 0 bridgehead atoms. The second kappa shape index (κ2) is 8.20. The Morgan fingerprint density at radius 1 is 0.923 bits per heavy atom. The van der Waals surface area contributed by atoms with E-state index in [4.69, 9.17) is 9.47 Å². The van der Waals surface area contributed by atoms with E-state index in [0.29, 0.717) is 18.1 Å². The molecule has 0 saturated heterocycles. The van der Waals surface area contributed by atoms with Crippen LogP contribution in [0.2, 0.25) is 0 Å². The maximum absolute atomic E-state index is 5.41. The highest BCUT2D eigenvalue weighted by Gasteiger charge is 2.07. The first-order chi connectivity index (χ1) is 12.7. The Morgan fingerprint density at radius 2 is 1.73 bits per heavy atom. The summed E-state index contributed by atoms with van der Waals surface area (Å²) in [4.78, 5) is 8.56. The molecule has 1 heterocycles. The molecule has 3 aromatic rings. The summed E-state index contributed by atoms with van der Waals surface area (Å²) in [6.07, 6.45) is 1.53. The molecular formula is C20H22N4O2. The third-order valence-corrected chi connectivity index (χ3v) is 4.06. The first kappa shape index (κ1) is 17.5. The molecular weight excluding hydrogens is 328 g/mol. The third kappa shape index (κ3) is 4.22. The summed E-state index contributed by atoms with van der Waals surface area (Å²) in [7, 11) is 3.24. The average molecular weight is 350 g/mol. The van der Waals surface area contributed by atoms with E-state index in [1.54, 1.807) is 14.2 Å². The van der Waals surface area contributed by atoms with Gasteiger partial charge in [0, 0.05) is 18.7 Å². The smallest absolute Gasteiger partial charge is 0.146 e. The van der Waals surface area contributed by atoms with Crippen molar-refractivity contribution in [2.75, 3.05) is 24.9 Å². The summed E-state index contributed by atoms with van der Waals surface area (Å²) in [6.45, 7) is 2.80. The normalized spacial score (nSPS) is 10.3. The van der Waals surface area contributed by atoms with Crippen LogP contribution in [0.4, 0.5) is 17.3 Å². The molecule has 3 rings (SSSR count). The quantitative estimate of drug-likeness (QED) is 0.667. The average Bonchev–Trinajstić information content (AvgIpc) is 2.68. The van der Waals surface area contributed by atoms with Crippen LogP contribution in [0.15, 0.2) is 54.9 Å². The van der Waals surface area contributed by atoms with Gasteiger partial charge in [0.2, 0.25) is 0 Å². The number of hydrogen-bond acceptors (Lipinski definition) is 6. The Kier molecular flexibility index (Phi) is 5.53. The van der Waals surface area contributed by atoms with E-state index in [-0.39, 0.29) is 0 Å². The van der Waals surface area contributed by atoms with Crippen LogP contribution in [0.3, 0.4) is 0 Å². The van der Waals surface area contributed by atoms with E-state index in [9.17, 15) is 0 Å². The molecule has 2 aromatic carbocycles. The van der Waals surface area contributed by atoms with Gasteiger partial charge in [0.05, 0.1) is 19.9 Å². The van der Waals surface area contributed by atoms with Crippen LogP contribution < -0.4 is 20.1 Å². The molecule has 0 aliphatic heterocycles. The Hall–Kier alpha value is -3.28. The molecule has 0 saturated carbocycles. The zero-order chi connectivity index (χ0) is 18.4. The predicted molar refractivity (Wildman–Crippen MR) is 103 cm³/mol. The highest BCUT2D eigenvalue weighted by Crippen LogP contribution is 2.31. The zero-order valence-corrected chi connectivity index (χ0v) is 15.1. The topological polar surface area (TPSA) is 68.3 Å². The van der Waals surface area contributed by atoms with E-state index in [1.165, 1.54) is 17.5 Å². The Bertz CT molecular complexity index is 883. The van der Waals surface area contributed by atoms with Gasteiger partial charge >= 0.3 is 0 Å². The van der Waals surface area contributed by atoms with E-state index in [2.05, 4.69) is 39.7 Å². The Morgan fingerprint density at radius 3 is 2.50 bits per heavy atom. The molecule has 26 heavy (non-hydrogen) atoms. The summed E-state index contributed by atoms with van der Waals surface area (Å²) in [6, 6.07) is 15.7. The summed E-state index contributed by atoms with van der Waals surface area (Å²) in [5.74, 6) is 2.84. The predicted octanol–water partition coefficient (Wildman–Crippen LogP) is 4.16. The van der Waals surface area contributed by atoms with Crippen LogP contribution in [0.1, 0.15) is 11.1 Å². The Balaban J connectivity index is 1.72. The number of rotatable bonds is 7. The largest absolute Gasteiger partial charge is 0.497 e. The number of ether oxygens (including phenoxy) is 2. The molecule has 0 spiro atoms. The van der Waals surface area contributed by atoms with Crippen LogP contribution >= 0.6 is 0 Å². The maximum Gasteiger partial charge on any atom is 0.146 e. The van der Waals surface area contributed by atoms with E-state index in [1.807, 2.05) is 36.4 Å². The van der Waals surface area contributed by atoms with E-state index >= 15 is 0 Å². The van der Waals surface area contributed by atoms with Gasteiger partial charge in [-0.15, -0.1) is 0 Å². The van der Waals surface area contributed by atoms with Crippen molar-refractivity contribution in [1.29, 1.82) is 0 Å². The summed E-state index contributed by atoms with van der Waals surface area (Å²) >= 11 is 0. The van der Waals surface area contributed by atoms with E-state index < -0.39 is 0 Å². The molecule has 0 aliphatic rings. The lowest BCUT2D eigenvalue weighted by molar-refractivity contribution is 0.395. The van der Waals surface area contributed by atoms with Gasteiger partial charge in [-0.3, -0.25) is 0 Å². The number of anilines is 3. The zero-order valence-electron chi connectivity index (χ0n) is 15.1. The number of aryl methyl sites for hydroxylation is 1. The molecule has 0 radical (unpaired) electrons. The SMILES string of the molecule is COc1ccc(Nc2cc(NCc3ccccc3C)ncn2)c(OC)c1. The van der Waals surface area contributed by atoms with Crippen LogP contribution in [0.5, 0.6) is 11.5 Å². The monoisotopic (exact) mass is 350 g/mol. The number of nitrogens with zero attached hydrogens (tertiary/aromatic N) is 2. The van der Waals surface area contributed by atoms with Gasteiger partial charge in [0.15, 0.2) is 0 Å². The highest BCUT2D eigenvalue weighted by atomic mass is 16.5. The first-order valence-electron chi connectivity index (χ1n) is 8.29. The molecule has 0 atom stereocenters. The van der Waals surface area contributed by atoms with Crippen molar-refractivity contribution in [1.82, 2.24) is 9.97 Å². The summed E-state index contributed by atoms with van der Waals surface area (Å²) < 4.78 is 10.6. The van der Waals surface area contributed by atoms with Crippen molar-refractivity contribution in [3.63, 3.8) is 0 Å². The molecule has 2 N–H and O–H groups in total. The molecule has 6 heteroatoms. The number of benzene rings is 2. The van der Waals surface area contributed by atoms with Crippen molar-refractivity contribution in [2.24, 2.45) is 0 Å². The molecule has 0 aliphatic carbocycles. The lowest BCUT2D eigenvalue weighted by atomic mass is 10.1.